The predicted octanol–water partition coefficient (Wildman–Crippen LogP) is 6.25. The number of amides is 1. The normalized spacial score (nSPS) is 10.7. The lowest BCUT2D eigenvalue weighted by Crippen LogP contribution is -2.13. The van der Waals surface area contributed by atoms with Gasteiger partial charge in [0.25, 0.3) is 0 Å². The maximum atomic E-state index is 11.6. The maximum Gasteiger partial charge on any atom is 0.248 e. The Labute approximate surface area is 191 Å². The Kier molecular flexibility index (Phi) is 7.73. The number of primary amides is 1. The molecular weight excluding hydrogens is 398 g/mol. The molecule has 0 saturated carbocycles. The number of aromatic hydroxyl groups is 2. The maximum absolute atomic E-state index is 11.6. The fourth-order valence-electron chi connectivity index (χ4n) is 4.17. The number of phenols is 2. The molecule has 0 aromatic heterocycles. The summed E-state index contributed by atoms with van der Waals surface area (Å²) in [6.07, 6.45) is 0. The van der Waals surface area contributed by atoms with Crippen LogP contribution < -0.4 is 5.73 Å². The molecule has 0 bridgehead atoms. The van der Waals surface area contributed by atoms with Gasteiger partial charge in [0.1, 0.15) is 11.5 Å². The molecule has 4 heteroatoms. The van der Waals surface area contributed by atoms with E-state index in [0.29, 0.717) is 17.1 Å². The van der Waals surface area contributed by atoms with Gasteiger partial charge in [-0.1, -0.05) is 38.1 Å². The first kappa shape index (κ1) is 25.0. The standard InChI is InChI=1S/C26H29NO3.C2H6/c1-13-11-21(15(3)17(5)24(13)28)23(19-7-9-20(10-8-19)26(27)30)22-12-14(2)25(29)18(6)16(22)4;1-2/h7-12,23,28-29H,1-6H3,(H2,27,30);1-2H3. The van der Waals surface area contributed by atoms with E-state index in [2.05, 4.69) is 0 Å². The molecule has 4 N–H and O–H groups in total. The number of hydrogen-bond acceptors (Lipinski definition) is 3. The van der Waals surface area contributed by atoms with Gasteiger partial charge in [-0.3, -0.25) is 4.79 Å². The number of carbonyl (C=O) groups is 1. The monoisotopic (exact) mass is 433 g/mol. The van der Waals surface area contributed by atoms with E-state index in [1.54, 1.807) is 12.1 Å². The molecule has 4 nitrogen and oxygen atoms in total. The van der Waals surface area contributed by atoms with Crippen LogP contribution in [0.3, 0.4) is 0 Å². The molecule has 0 fully saturated rings. The zero-order valence-corrected chi connectivity index (χ0v) is 20.4. The number of aryl methyl sites for hydroxylation is 2. The number of nitrogens with two attached hydrogens (primary N) is 1. The highest BCUT2D eigenvalue weighted by atomic mass is 16.3. The minimum Gasteiger partial charge on any atom is -0.507 e. The molecule has 3 rings (SSSR count). The summed E-state index contributed by atoms with van der Waals surface area (Å²) in [5, 5.41) is 20.9. The molecule has 3 aromatic carbocycles. The van der Waals surface area contributed by atoms with E-state index >= 15 is 0 Å². The van der Waals surface area contributed by atoms with Gasteiger partial charge >= 0.3 is 0 Å². The van der Waals surface area contributed by atoms with Crippen molar-refractivity contribution in [2.45, 2.75) is 61.3 Å². The summed E-state index contributed by atoms with van der Waals surface area (Å²) in [7, 11) is 0. The minimum atomic E-state index is -0.460. The Morgan fingerprint density at radius 2 is 1.09 bits per heavy atom. The second kappa shape index (κ2) is 9.90. The molecule has 0 heterocycles. The van der Waals surface area contributed by atoms with Gasteiger partial charge in [0.2, 0.25) is 5.91 Å². The third-order valence-corrected chi connectivity index (χ3v) is 6.34. The van der Waals surface area contributed by atoms with Crippen molar-refractivity contribution in [3.05, 3.63) is 92.0 Å². The fraction of sp³-hybridized carbons (Fsp3) is 0.321. The van der Waals surface area contributed by atoms with Crippen LogP contribution in [0.4, 0.5) is 0 Å². The fourth-order valence-corrected chi connectivity index (χ4v) is 4.17. The van der Waals surface area contributed by atoms with Gasteiger partial charge in [-0.2, -0.15) is 0 Å². The zero-order valence-electron chi connectivity index (χ0n) is 20.4. The van der Waals surface area contributed by atoms with Crippen molar-refractivity contribution in [3.8, 4) is 11.5 Å². The van der Waals surface area contributed by atoms with Gasteiger partial charge < -0.3 is 15.9 Å². The van der Waals surface area contributed by atoms with Crippen molar-refractivity contribution in [2.24, 2.45) is 5.73 Å². The lowest BCUT2D eigenvalue weighted by atomic mass is 9.78. The van der Waals surface area contributed by atoms with Gasteiger partial charge in [-0.15, -0.1) is 0 Å². The Morgan fingerprint density at radius 1 is 0.719 bits per heavy atom. The van der Waals surface area contributed by atoms with Crippen LogP contribution in [0, 0.1) is 41.5 Å². The van der Waals surface area contributed by atoms with Gasteiger partial charge in [-0.05, 0) is 104 Å². The first-order valence-corrected chi connectivity index (χ1v) is 11.0. The first-order chi connectivity index (χ1) is 15.0. The highest BCUT2D eigenvalue weighted by Gasteiger charge is 2.25. The summed E-state index contributed by atoms with van der Waals surface area (Å²) in [6.45, 7) is 15.7. The summed E-state index contributed by atoms with van der Waals surface area (Å²) in [5.74, 6) is 0.0452. The first-order valence-electron chi connectivity index (χ1n) is 11.0. The molecule has 0 aliphatic rings. The van der Waals surface area contributed by atoms with E-state index in [4.69, 9.17) is 5.73 Å². The van der Waals surface area contributed by atoms with Crippen LogP contribution in [0.2, 0.25) is 0 Å². The molecule has 3 aromatic rings. The van der Waals surface area contributed by atoms with Crippen molar-refractivity contribution < 1.29 is 15.0 Å². The molecule has 0 spiro atoms. The lowest BCUT2D eigenvalue weighted by Gasteiger charge is -2.26. The number of rotatable bonds is 4. The van der Waals surface area contributed by atoms with E-state index in [-0.39, 0.29) is 5.92 Å². The molecule has 0 unspecified atom stereocenters. The number of phenolic OH excluding ortho intramolecular Hbond substituents is 2. The number of hydrogen-bond donors (Lipinski definition) is 3. The van der Waals surface area contributed by atoms with Crippen molar-refractivity contribution >= 4 is 5.91 Å². The Balaban J connectivity index is 0.00000176. The van der Waals surface area contributed by atoms with Crippen LogP contribution in [0.25, 0.3) is 0 Å². The predicted molar refractivity (Wildman–Crippen MR) is 132 cm³/mol. The smallest absolute Gasteiger partial charge is 0.248 e. The summed E-state index contributed by atoms with van der Waals surface area (Å²) in [4.78, 5) is 11.6. The largest absolute Gasteiger partial charge is 0.507 e. The minimum absolute atomic E-state index is 0.122. The van der Waals surface area contributed by atoms with Crippen molar-refractivity contribution in [1.29, 1.82) is 0 Å². The van der Waals surface area contributed by atoms with E-state index < -0.39 is 5.91 Å². The molecule has 0 aliphatic carbocycles. The summed E-state index contributed by atoms with van der Waals surface area (Å²) < 4.78 is 0. The summed E-state index contributed by atoms with van der Waals surface area (Å²) in [5.41, 5.74) is 14.5. The molecule has 0 atom stereocenters. The van der Waals surface area contributed by atoms with E-state index in [9.17, 15) is 15.0 Å². The third kappa shape index (κ3) is 4.50. The van der Waals surface area contributed by atoms with Gasteiger partial charge in [0.15, 0.2) is 0 Å². The highest BCUT2D eigenvalue weighted by Crippen LogP contribution is 2.42. The summed E-state index contributed by atoms with van der Waals surface area (Å²) in [6, 6.07) is 11.4. The average molecular weight is 434 g/mol. The van der Waals surface area contributed by atoms with Crippen LogP contribution in [-0.2, 0) is 0 Å². The van der Waals surface area contributed by atoms with Crippen molar-refractivity contribution in [3.63, 3.8) is 0 Å². The topological polar surface area (TPSA) is 83.6 Å². The second-order valence-electron chi connectivity index (χ2n) is 8.18. The molecule has 0 aliphatic heterocycles. The SMILES string of the molecule is CC.Cc1cc(C(c2ccc(C(N)=O)cc2)c2cc(C)c(O)c(C)c2C)c(C)c(C)c1O. The molecule has 1 amide bonds. The van der Waals surface area contributed by atoms with Gasteiger partial charge in [-0.25, -0.2) is 0 Å². The van der Waals surface area contributed by atoms with Crippen LogP contribution in [-0.4, -0.2) is 16.1 Å². The van der Waals surface area contributed by atoms with Crippen molar-refractivity contribution in [2.75, 3.05) is 0 Å². The third-order valence-electron chi connectivity index (χ3n) is 6.34. The van der Waals surface area contributed by atoms with E-state index in [0.717, 1.165) is 50.1 Å². The van der Waals surface area contributed by atoms with E-state index in [1.165, 1.54) is 0 Å². The van der Waals surface area contributed by atoms with E-state index in [1.807, 2.05) is 79.7 Å². The lowest BCUT2D eigenvalue weighted by molar-refractivity contribution is 0.1000. The zero-order chi connectivity index (χ0) is 24.3. The number of benzene rings is 3. The quantitative estimate of drug-likeness (QED) is 0.425. The average Bonchev–Trinajstić information content (AvgIpc) is 2.79. The molecule has 0 radical (unpaired) electrons. The van der Waals surface area contributed by atoms with Crippen LogP contribution >= 0.6 is 0 Å². The Hall–Kier alpha value is -3.27. The van der Waals surface area contributed by atoms with Crippen LogP contribution in [0.5, 0.6) is 11.5 Å². The second-order valence-corrected chi connectivity index (χ2v) is 8.18. The molecule has 170 valence electrons. The van der Waals surface area contributed by atoms with Gasteiger partial charge in [0, 0.05) is 11.5 Å². The van der Waals surface area contributed by atoms with Gasteiger partial charge in [0.05, 0.1) is 0 Å². The van der Waals surface area contributed by atoms with Crippen LogP contribution in [0.15, 0.2) is 36.4 Å². The summed E-state index contributed by atoms with van der Waals surface area (Å²) >= 11 is 0. The highest BCUT2D eigenvalue weighted by molar-refractivity contribution is 5.92. The van der Waals surface area contributed by atoms with Crippen LogP contribution in [0.1, 0.15) is 80.2 Å². The number of carbonyl (C=O) groups excluding carboxylic acids is 1. The Bertz CT molecular complexity index is 1080. The Morgan fingerprint density at radius 3 is 1.44 bits per heavy atom. The molecule has 0 saturated heterocycles. The molecule has 32 heavy (non-hydrogen) atoms. The molecular formula is C28H35NO3. The van der Waals surface area contributed by atoms with Crippen molar-refractivity contribution in [1.82, 2.24) is 0 Å².